The summed E-state index contributed by atoms with van der Waals surface area (Å²) in [5.74, 6) is 0.547. The first-order valence-electron chi connectivity index (χ1n) is 10.4. The number of halogens is 1. The van der Waals surface area contributed by atoms with Crippen molar-refractivity contribution in [2.24, 2.45) is 0 Å². The number of pyridine rings is 1. The summed E-state index contributed by atoms with van der Waals surface area (Å²) in [6.45, 7) is 2.61. The summed E-state index contributed by atoms with van der Waals surface area (Å²) in [5, 5.41) is 11.5. The zero-order valence-electron chi connectivity index (χ0n) is 17.4. The molecular formula is C25H21ClN3O3+. The molecule has 1 aliphatic heterocycles. The van der Waals surface area contributed by atoms with Crippen LogP contribution in [0.2, 0.25) is 5.15 Å². The van der Waals surface area contributed by atoms with Gasteiger partial charge in [-0.3, -0.25) is 0 Å². The molecule has 6 nitrogen and oxygen atoms in total. The van der Waals surface area contributed by atoms with Gasteiger partial charge >= 0.3 is 5.56 Å². The van der Waals surface area contributed by atoms with Gasteiger partial charge in [0.25, 0.3) is 11.7 Å². The molecule has 2 aromatic heterocycles. The van der Waals surface area contributed by atoms with Gasteiger partial charge in [0.1, 0.15) is 5.15 Å². The van der Waals surface area contributed by atoms with Crippen LogP contribution in [0, 0.1) is 0 Å². The first kappa shape index (κ1) is 20.4. The van der Waals surface area contributed by atoms with E-state index in [-0.39, 0.29) is 23.6 Å². The smallest absolute Gasteiger partial charge is 0.351 e. The lowest BCUT2D eigenvalue weighted by Gasteiger charge is -2.13. The second-order valence-electron chi connectivity index (χ2n) is 7.56. The van der Waals surface area contributed by atoms with Gasteiger partial charge in [-0.2, -0.15) is 9.13 Å². The molecule has 1 aliphatic rings. The fraction of sp³-hybridized carbons (Fsp3) is 0.160. The Hall–Kier alpha value is -3.48. The third-order valence-corrected chi connectivity index (χ3v) is 5.94. The van der Waals surface area contributed by atoms with E-state index in [1.165, 1.54) is 0 Å². The van der Waals surface area contributed by atoms with E-state index >= 15 is 0 Å². The van der Waals surface area contributed by atoms with Gasteiger partial charge in [-0.05, 0) is 41.8 Å². The largest absolute Gasteiger partial charge is 0.477 e. The average molecular weight is 447 g/mol. The summed E-state index contributed by atoms with van der Waals surface area (Å²) in [4.78, 5) is 17.8. The highest BCUT2D eigenvalue weighted by atomic mass is 35.5. The highest BCUT2D eigenvalue weighted by Crippen LogP contribution is 2.32. The van der Waals surface area contributed by atoms with E-state index in [9.17, 15) is 9.90 Å². The van der Waals surface area contributed by atoms with Gasteiger partial charge in [0, 0.05) is 11.8 Å². The van der Waals surface area contributed by atoms with E-state index in [1.54, 1.807) is 27.5 Å². The van der Waals surface area contributed by atoms with Crippen molar-refractivity contribution >= 4 is 11.6 Å². The molecule has 0 amide bonds. The lowest BCUT2D eigenvalue weighted by molar-refractivity contribution is -0.710. The number of benzene rings is 2. The topological polar surface area (TPSA) is 68.2 Å². The van der Waals surface area contributed by atoms with Crippen molar-refractivity contribution < 1.29 is 14.4 Å². The number of rotatable bonds is 4. The number of nitrogens with zero attached hydrogens (tertiary/aromatic N) is 3. The van der Waals surface area contributed by atoms with Gasteiger partial charge < -0.3 is 9.84 Å². The van der Waals surface area contributed by atoms with Crippen LogP contribution >= 0.6 is 11.6 Å². The lowest BCUT2D eigenvalue weighted by atomic mass is 10.00. The molecule has 32 heavy (non-hydrogen) atoms. The molecule has 2 aromatic carbocycles. The molecule has 0 radical (unpaired) electrons. The first-order chi connectivity index (χ1) is 15.6. The SMILES string of the molecule is CC[n+]1c(O)c(-c2cccc(-c3ccccc3)c2)c(=O)n2c1COC2c1ccc(Cl)nc1. The van der Waals surface area contributed by atoms with E-state index in [2.05, 4.69) is 4.98 Å². The third-order valence-electron chi connectivity index (χ3n) is 5.72. The summed E-state index contributed by atoms with van der Waals surface area (Å²) in [6, 6.07) is 21.0. The zero-order chi connectivity index (χ0) is 22.2. The van der Waals surface area contributed by atoms with Crippen LogP contribution in [0.4, 0.5) is 0 Å². The van der Waals surface area contributed by atoms with Crippen LogP contribution in [-0.4, -0.2) is 14.7 Å². The molecule has 5 rings (SSSR count). The van der Waals surface area contributed by atoms with Crippen LogP contribution in [0.5, 0.6) is 5.88 Å². The van der Waals surface area contributed by atoms with E-state index in [1.807, 2.05) is 61.5 Å². The highest BCUT2D eigenvalue weighted by Gasteiger charge is 2.39. The molecule has 3 heterocycles. The maximum absolute atomic E-state index is 13.7. The lowest BCUT2D eigenvalue weighted by Crippen LogP contribution is -2.44. The van der Waals surface area contributed by atoms with Crippen molar-refractivity contribution in [1.82, 2.24) is 9.55 Å². The van der Waals surface area contributed by atoms with Crippen molar-refractivity contribution in [2.45, 2.75) is 26.3 Å². The molecule has 1 N–H and O–H groups in total. The molecule has 4 aromatic rings. The van der Waals surface area contributed by atoms with Crippen molar-refractivity contribution in [2.75, 3.05) is 0 Å². The molecule has 7 heteroatoms. The Kier molecular flexibility index (Phi) is 5.25. The second kappa shape index (κ2) is 8.22. The summed E-state index contributed by atoms with van der Waals surface area (Å²) in [5.41, 5.74) is 3.28. The quantitative estimate of drug-likeness (QED) is 0.374. The van der Waals surface area contributed by atoms with Crippen molar-refractivity contribution in [3.63, 3.8) is 0 Å². The van der Waals surface area contributed by atoms with Crippen LogP contribution < -0.4 is 10.1 Å². The Morgan fingerprint density at radius 1 is 1.09 bits per heavy atom. The Morgan fingerprint density at radius 3 is 2.56 bits per heavy atom. The predicted octanol–water partition coefficient (Wildman–Crippen LogP) is 4.32. The Morgan fingerprint density at radius 2 is 1.84 bits per heavy atom. The van der Waals surface area contributed by atoms with Gasteiger partial charge in [-0.15, -0.1) is 0 Å². The summed E-state index contributed by atoms with van der Waals surface area (Å²) in [6.07, 6.45) is 0.963. The van der Waals surface area contributed by atoms with Crippen molar-refractivity contribution in [3.8, 4) is 28.1 Å². The normalized spacial score (nSPS) is 15.0. The monoisotopic (exact) mass is 446 g/mol. The Balaban J connectivity index is 1.71. The van der Waals surface area contributed by atoms with Crippen LogP contribution in [0.1, 0.15) is 24.5 Å². The average Bonchev–Trinajstić information content (AvgIpc) is 3.26. The van der Waals surface area contributed by atoms with Gasteiger partial charge in [-0.1, -0.05) is 60.1 Å². The fourth-order valence-electron chi connectivity index (χ4n) is 4.19. The molecule has 0 fully saturated rings. The number of aromatic nitrogens is 3. The second-order valence-corrected chi connectivity index (χ2v) is 7.95. The number of fused-ring (bicyclic) bond motifs is 1. The molecule has 0 aliphatic carbocycles. The molecule has 1 atom stereocenters. The van der Waals surface area contributed by atoms with Crippen molar-refractivity contribution in [3.05, 3.63) is 99.8 Å². The summed E-state index contributed by atoms with van der Waals surface area (Å²) < 4.78 is 9.27. The maximum Gasteiger partial charge on any atom is 0.351 e. The van der Waals surface area contributed by atoms with Crippen LogP contribution in [0.3, 0.4) is 0 Å². The summed E-state index contributed by atoms with van der Waals surface area (Å²) >= 11 is 5.93. The molecule has 1 unspecified atom stereocenters. The Labute approximate surface area is 190 Å². The van der Waals surface area contributed by atoms with Gasteiger partial charge in [0.15, 0.2) is 12.2 Å². The summed E-state index contributed by atoms with van der Waals surface area (Å²) in [7, 11) is 0. The standard InChI is InChI=1S/C25H20ClN3O3/c1-2-28-21-15-32-25(19-11-12-20(26)27-14-19)29(21)24(31)22(23(28)30)18-10-6-9-17(13-18)16-7-4-3-5-8-16/h3-14,25H,2,15H2,1H3/p+1. The predicted molar refractivity (Wildman–Crippen MR) is 121 cm³/mol. The van der Waals surface area contributed by atoms with Gasteiger partial charge in [0.2, 0.25) is 6.23 Å². The molecule has 0 saturated carbocycles. The number of aromatic hydroxyl groups is 1. The van der Waals surface area contributed by atoms with Gasteiger partial charge in [-0.25, -0.2) is 9.78 Å². The number of hydrogen-bond donors (Lipinski definition) is 1. The van der Waals surface area contributed by atoms with Gasteiger partial charge in [0.05, 0.1) is 6.54 Å². The maximum atomic E-state index is 13.7. The van der Waals surface area contributed by atoms with Crippen molar-refractivity contribution in [1.29, 1.82) is 0 Å². The van der Waals surface area contributed by atoms with E-state index in [0.717, 1.165) is 11.1 Å². The Bertz CT molecular complexity index is 1350. The minimum Gasteiger partial charge on any atom is -0.477 e. The van der Waals surface area contributed by atoms with Crippen LogP contribution in [0.25, 0.3) is 22.3 Å². The van der Waals surface area contributed by atoms with E-state index in [4.69, 9.17) is 16.3 Å². The molecule has 160 valence electrons. The fourth-order valence-corrected chi connectivity index (χ4v) is 4.30. The third kappa shape index (κ3) is 3.38. The minimum absolute atomic E-state index is 0.0626. The highest BCUT2D eigenvalue weighted by molar-refractivity contribution is 6.29. The van der Waals surface area contributed by atoms with Crippen LogP contribution in [-0.2, 0) is 17.9 Å². The van der Waals surface area contributed by atoms with Crippen LogP contribution in [0.15, 0.2) is 77.7 Å². The van der Waals surface area contributed by atoms with E-state index < -0.39 is 6.23 Å². The minimum atomic E-state index is -0.642. The first-order valence-corrected chi connectivity index (χ1v) is 10.8. The number of hydrogen-bond acceptors (Lipinski definition) is 4. The molecular weight excluding hydrogens is 426 g/mol. The van der Waals surface area contributed by atoms with E-state index in [0.29, 0.717) is 28.6 Å². The number of ether oxygens (including phenoxy) is 1. The molecule has 0 saturated heterocycles. The molecule has 0 spiro atoms. The molecule has 0 bridgehead atoms. The zero-order valence-corrected chi connectivity index (χ0v) is 18.2.